The number of fused-ring (bicyclic) bond motifs is 1. The normalized spacial score (nSPS) is 17.1. The fourth-order valence-electron chi connectivity index (χ4n) is 2.75. The van der Waals surface area contributed by atoms with Gasteiger partial charge in [0, 0.05) is 15.8 Å². The van der Waals surface area contributed by atoms with Crippen molar-refractivity contribution < 1.29 is 9.41 Å². The van der Waals surface area contributed by atoms with E-state index in [1.165, 1.54) is 29.9 Å². The summed E-state index contributed by atoms with van der Waals surface area (Å²) in [6, 6.07) is 12.5. The van der Waals surface area contributed by atoms with Gasteiger partial charge in [-0.15, -0.1) is 11.8 Å². The first-order valence-electron chi connectivity index (χ1n) is 7.71. The number of thioether (sulfide) groups is 1. The summed E-state index contributed by atoms with van der Waals surface area (Å²) in [7, 11) is -0.907. The van der Waals surface area contributed by atoms with Gasteiger partial charge in [-0.05, 0) is 61.1 Å². The third-order valence-electron chi connectivity index (χ3n) is 4.08. The highest BCUT2D eigenvalue weighted by molar-refractivity contribution is 8.00. The number of anilines is 1. The largest absolute Gasteiger partial charge is 0.471 e. The fraction of sp³-hybridized carbons (Fsp3) is 0.235. The van der Waals surface area contributed by atoms with E-state index in [4.69, 9.17) is 0 Å². The Balaban J connectivity index is 1.70. The molecule has 2 aromatic carbocycles. The van der Waals surface area contributed by atoms with Gasteiger partial charge in [0.15, 0.2) is 0 Å². The minimum absolute atomic E-state index is 0.318. The third-order valence-corrected chi connectivity index (χ3v) is 5.41. The van der Waals surface area contributed by atoms with Crippen molar-refractivity contribution in [3.63, 3.8) is 0 Å². The molecule has 0 atom stereocenters. The maximum absolute atomic E-state index is 13.4. The van der Waals surface area contributed by atoms with Crippen LogP contribution in [0, 0.1) is 5.82 Å². The van der Waals surface area contributed by atoms with Gasteiger partial charge in [0.1, 0.15) is 5.82 Å². The molecule has 0 spiro atoms. The minimum atomic E-state index is -0.907. The van der Waals surface area contributed by atoms with Crippen molar-refractivity contribution in [2.75, 3.05) is 4.92 Å². The predicted octanol–water partition coefficient (Wildman–Crippen LogP) is 3.01. The highest BCUT2D eigenvalue weighted by Gasteiger charge is 2.33. The minimum Gasteiger partial charge on any atom is -0.427 e. The topological polar surface area (TPSA) is 35.8 Å². The lowest BCUT2D eigenvalue weighted by molar-refractivity contribution is 0.577. The Labute approximate surface area is 139 Å². The summed E-state index contributed by atoms with van der Waals surface area (Å²) in [4.78, 5) is 2.79. The van der Waals surface area contributed by atoms with Crippen LogP contribution in [0.2, 0.25) is 0 Å². The molecule has 0 bridgehead atoms. The Kier molecular flexibility index (Phi) is 3.66. The number of hydrazone groups is 1. The van der Waals surface area contributed by atoms with Gasteiger partial charge in [-0.2, -0.15) is 5.10 Å². The van der Waals surface area contributed by atoms with E-state index in [1.54, 1.807) is 11.0 Å². The number of nitrogens with zero attached hydrogens (tertiary/aromatic N) is 2. The second kappa shape index (κ2) is 5.69. The van der Waals surface area contributed by atoms with E-state index >= 15 is 0 Å². The molecular weight excluding hydrogens is 310 g/mol. The van der Waals surface area contributed by atoms with Gasteiger partial charge in [-0.1, -0.05) is 12.1 Å². The number of halogens is 1. The smallest absolute Gasteiger partial charge is 0.427 e. The Morgan fingerprint density at radius 2 is 2.09 bits per heavy atom. The lowest BCUT2D eigenvalue weighted by Gasteiger charge is -2.29. The molecule has 1 heterocycles. The zero-order valence-corrected chi connectivity index (χ0v) is 13.6. The molecule has 1 aliphatic carbocycles. The Morgan fingerprint density at radius 1 is 1.26 bits per heavy atom. The first kappa shape index (κ1) is 14.8. The molecule has 0 amide bonds. The van der Waals surface area contributed by atoms with Crippen molar-refractivity contribution in [2.45, 2.75) is 29.9 Å². The molecule has 1 fully saturated rings. The van der Waals surface area contributed by atoms with Crippen molar-refractivity contribution in [3.8, 4) is 0 Å². The van der Waals surface area contributed by atoms with Crippen molar-refractivity contribution >= 4 is 35.7 Å². The van der Waals surface area contributed by atoms with Crippen LogP contribution in [0.4, 0.5) is 10.1 Å². The molecule has 1 saturated carbocycles. The molecule has 4 rings (SSSR count). The van der Waals surface area contributed by atoms with Crippen LogP contribution in [0.3, 0.4) is 0 Å². The summed E-state index contributed by atoms with van der Waals surface area (Å²) < 4.78 is 13.4. The summed E-state index contributed by atoms with van der Waals surface area (Å²) in [5, 5.41) is 15.9. The van der Waals surface area contributed by atoms with Crippen molar-refractivity contribution in [2.24, 2.45) is 5.10 Å². The number of rotatable bonds is 3. The zero-order chi connectivity index (χ0) is 16.0. The molecule has 0 aromatic heterocycles. The van der Waals surface area contributed by atoms with Gasteiger partial charge in [-0.25, -0.2) is 4.39 Å². The SMILES string of the molecule is CC1=NN(c2cccc(SC3CC3)c2)B(O)c2ccc(F)cc21. The molecule has 2 aliphatic rings. The molecule has 2 aromatic rings. The zero-order valence-electron chi connectivity index (χ0n) is 12.7. The second-order valence-electron chi connectivity index (χ2n) is 5.95. The Hall–Kier alpha value is -1.79. The average molecular weight is 326 g/mol. The Morgan fingerprint density at radius 3 is 2.87 bits per heavy atom. The molecule has 0 unspecified atom stereocenters. The van der Waals surface area contributed by atoms with Crippen LogP contribution in [0.15, 0.2) is 52.5 Å². The van der Waals surface area contributed by atoms with Crippen LogP contribution in [-0.2, 0) is 0 Å². The van der Waals surface area contributed by atoms with Crippen LogP contribution in [0.25, 0.3) is 0 Å². The number of benzene rings is 2. The highest BCUT2D eigenvalue weighted by atomic mass is 32.2. The first-order chi connectivity index (χ1) is 11.1. The number of hydrogen-bond donors (Lipinski definition) is 1. The second-order valence-corrected chi connectivity index (χ2v) is 7.32. The van der Waals surface area contributed by atoms with Gasteiger partial charge >= 0.3 is 7.05 Å². The molecule has 1 aliphatic heterocycles. The van der Waals surface area contributed by atoms with Gasteiger partial charge in [0.25, 0.3) is 0 Å². The van der Waals surface area contributed by atoms with E-state index < -0.39 is 7.05 Å². The molecular formula is C17H16BFN2OS. The third kappa shape index (κ3) is 2.89. The summed E-state index contributed by atoms with van der Waals surface area (Å²) in [5.41, 5.74) is 2.89. The lowest BCUT2D eigenvalue weighted by Crippen LogP contribution is -2.51. The molecule has 3 nitrogen and oxygen atoms in total. The molecule has 6 heteroatoms. The van der Waals surface area contributed by atoms with Crippen LogP contribution < -0.4 is 10.4 Å². The van der Waals surface area contributed by atoms with Crippen molar-refractivity contribution in [1.82, 2.24) is 0 Å². The Bertz CT molecular complexity index is 794. The quantitative estimate of drug-likeness (QED) is 0.881. The summed E-state index contributed by atoms with van der Waals surface area (Å²) in [6.07, 6.45) is 2.55. The van der Waals surface area contributed by atoms with Crippen molar-refractivity contribution in [3.05, 3.63) is 53.8 Å². The molecule has 0 saturated heterocycles. The number of hydrogen-bond acceptors (Lipinski definition) is 4. The monoisotopic (exact) mass is 326 g/mol. The molecule has 1 N–H and O–H groups in total. The van der Waals surface area contributed by atoms with Gasteiger partial charge in [-0.3, -0.25) is 4.92 Å². The molecule has 0 radical (unpaired) electrons. The summed E-state index contributed by atoms with van der Waals surface area (Å²) in [5.74, 6) is -0.318. The fourth-order valence-corrected chi connectivity index (χ4v) is 3.85. The lowest BCUT2D eigenvalue weighted by atomic mass is 9.68. The van der Waals surface area contributed by atoms with E-state index in [-0.39, 0.29) is 5.82 Å². The van der Waals surface area contributed by atoms with Gasteiger partial charge in [0.2, 0.25) is 0 Å². The standard InChI is InChI=1S/C17H16BFN2OS/c1-11-16-9-12(19)5-8-17(16)18(22)21(20-11)13-3-2-4-15(10-13)23-14-6-7-14/h2-5,8-10,14,22H,6-7H2,1H3. The van der Waals surface area contributed by atoms with Crippen LogP contribution in [0.1, 0.15) is 25.3 Å². The predicted molar refractivity (Wildman–Crippen MR) is 94.0 cm³/mol. The average Bonchev–Trinajstić information content (AvgIpc) is 3.35. The van der Waals surface area contributed by atoms with Gasteiger partial charge < -0.3 is 5.02 Å². The van der Waals surface area contributed by atoms with E-state index in [9.17, 15) is 9.41 Å². The van der Waals surface area contributed by atoms with Crippen molar-refractivity contribution in [1.29, 1.82) is 0 Å². The van der Waals surface area contributed by atoms with Crippen LogP contribution in [-0.4, -0.2) is 23.0 Å². The first-order valence-corrected chi connectivity index (χ1v) is 8.59. The van der Waals surface area contributed by atoms with Crippen LogP contribution >= 0.6 is 11.8 Å². The molecule has 23 heavy (non-hydrogen) atoms. The summed E-state index contributed by atoms with van der Waals surface area (Å²) in [6.45, 7) is 1.83. The van der Waals surface area contributed by atoms with Gasteiger partial charge in [0.05, 0.1) is 5.71 Å². The maximum atomic E-state index is 13.4. The van der Waals surface area contributed by atoms with E-state index in [0.717, 1.165) is 10.9 Å². The highest BCUT2D eigenvalue weighted by Crippen LogP contribution is 2.40. The van der Waals surface area contributed by atoms with E-state index in [2.05, 4.69) is 17.2 Å². The summed E-state index contributed by atoms with van der Waals surface area (Å²) >= 11 is 1.87. The maximum Gasteiger partial charge on any atom is 0.471 e. The van der Waals surface area contributed by atoms with Crippen LogP contribution in [0.5, 0.6) is 0 Å². The van der Waals surface area contributed by atoms with E-state index in [0.29, 0.717) is 16.7 Å². The molecule has 116 valence electrons. The van der Waals surface area contributed by atoms with E-state index in [1.807, 2.05) is 30.8 Å².